The second-order valence-electron chi connectivity index (χ2n) is 6.31. The summed E-state index contributed by atoms with van der Waals surface area (Å²) in [7, 11) is 1.50. The summed E-state index contributed by atoms with van der Waals surface area (Å²) in [6, 6.07) is 0. The highest BCUT2D eigenvalue weighted by Gasteiger charge is 2.09. The van der Waals surface area contributed by atoms with Crippen LogP contribution in [-0.2, 0) is 9.59 Å². The fourth-order valence-electron chi connectivity index (χ4n) is 2.67. The van der Waals surface area contributed by atoms with Crippen LogP contribution in [0.15, 0.2) is 0 Å². The lowest BCUT2D eigenvalue weighted by molar-refractivity contribution is -0.137. The van der Waals surface area contributed by atoms with E-state index in [9.17, 15) is 9.59 Å². The molecule has 0 radical (unpaired) electrons. The van der Waals surface area contributed by atoms with E-state index in [-0.39, 0.29) is 12.8 Å². The first kappa shape index (κ1) is 26.1. The minimum Gasteiger partial charge on any atom is -0.481 e. The quantitative estimate of drug-likeness (QED) is 0.341. The normalized spacial score (nSPS) is 10.4. The smallest absolute Gasteiger partial charge is 0.304 e. The molecule has 6 nitrogen and oxygen atoms in total. The van der Waals surface area contributed by atoms with Crippen LogP contribution in [0.3, 0.4) is 0 Å². The lowest BCUT2D eigenvalue weighted by Gasteiger charge is -2.20. The van der Waals surface area contributed by atoms with Crippen molar-refractivity contribution in [2.24, 2.45) is 5.73 Å². The Labute approximate surface area is 153 Å². The molecule has 6 heteroatoms. The summed E-state index contributed by atoms with van der Waals surface area (Å²) in [5.41, 5.74) is 4.50. The van der Waals surface area contributed by atoms with Crippen molar-refractivity contribution < 1.29 is 19.8 Å². The first-order chi connectivity index (χ1) is 12.1. The van der Waals surface area contributed by atoms with Crippen molar-refractivity contribution in [2.75, 3.05) is 26.7 Å². The molecule has 0 bridgehead atoms. The van der Waals surface area contributed by atoms with Crippen LogP contribution in [0.25, 0.3) is 0 Å². The molecular weight excluding hydrogens is 320 g/mol. The Bertz CT molecular complexity index is 294. The first-order valence-corrected chi connectivity index (χ1v) is 9.80. The van der Waals surface area contributed by atoms with Crippen molar-refractivity contribution in [3.8, 4) is 0 Å². The largest absolute Gasteiger partial charge is 0.481 e. The van der Waals surface area contributed by atoms with Crippen molar-refractivity contribution in [3.05, 3.63) is 0 Å². The first-order valence-electron chi connectivity index (χ1n) is 9.80. The van der Waals surface area contributed by atoms with Gasteiger partial charge in [0.05, 0.1) is 12.8 Å². The van der Waals surface area contributed by atoms with Crippen LogP contribution >= 0.6 is 0 Å². The van der Waals surface area contributed by atoms with Gasteiger partial charge in [-0.2, -0.15) is 0 Å². The molecule has 0 aromatic carbocycles. The van der Waals surface area contributed by atoms with Crippen molar-refractivity contribution in [2.45, 2.75) is 84.0 Å². The summed E-state index contributed by atoms with van der Waals surface area (Å²) in [4.78, 5) is 23.2. The summed E-state index contributed by atoms with van der Waals surface area (Å²) >= 11 is 0. The predicted octanol–water partition coefficient (Wildman–Crippen LogP) is 3.73. The van der Waals surface area contributed by atoms with E-state index in [1.54, 1.807) is 0 Å². The molecule has 150 valence electrons. The molecule has 0 heterocycles. The maximum atomic E-state index is 10.6. The SMILES string of the molecule is CCCCCCCCCCCCN(CCC(=O)O)CCC(=O)O.CN. The summed E-state index contributed by atoms with van der Waals surface area (Å²) in [6.45, 7) is 3.92. The number of carboxylic acids is 2. The average Bonchev–Trinajstić information content (AvgIpc) is 2.59. The molecule has 0 aliphatic carbocycles. The Balaban J connectivity index is 0. The number of rotatable bonds is 17. The van der Waals surface area contributed by atoms with Gasteiger partial charge in [0.15, 0.2) is 0 Å². The molecule has 0 aromatic rings. The van der Waals surface area contributed by atoms with Crippen LogP contribution in [0.2, 0.25) is 0 Å². The Hall–Kier alpha value is -1.14. The highest BCUT2D eigenvalue weighted by molar-refractivity contribution is 5.67. The van der Waals surface area contributed by atoms with Gasteiger partial charge < -0.3 is 20.8 Å². The van der Waals surface area contributed by atoms with E-state index < -0.39 is 11.9 Å². The van der Waals surface area contributed by atoms with Crippen LogP contribution in [0, 0.1) is 0 Å². The molecule has 0 rings (SSSR count). The number of carboxylic acid groups (broad SMARTS) is 2. The molecular formula is C19H40N2O4. The second-order valence-corrected chi connectivity index (χ2v) is 6.31. The zero-order valence-electron chi connectivity index (χ0n) is 16.3. The second kappa shape index (κ2) is 20.9. The molecule has 25 heavy (non-hydrogen) atoms. The van der Waals surface area contributed by atoms with Gasteiger partial charge in [-0.1, -0.05) is 64.7 Å². The summed E-state index contributed by atoms with van der Waals surface area (Å²) in [6.07, 6.45) is 12.8. The van der Waals surface area contributed by atoms with Crippen molar-refractivity contribution >= 4 is 11.9 Å². The number of hydrogen-bond donors (Lipinski definition) is 3. The molecule has 0 fully saturated rings. The third-order valence-electron chi connectivity index (χ3n) is 4.11. The van der Waals surface area contributed by atoms with Crippen molar-refractivity contribution in [1.29, 1.82) is 0 Å². The Morgan fingerprint density at radius 1 is 0.680 bits per heavy atom. The van der Waals surface area contributed by atoms with Crippen LogP contribution in [-0.4, -0.2) is 53.7 Å². The van der Waals surface area contributed by atoms with E-state index in [1.807, 2.05) is 4.90 Å². The number of hydrogen-bond acceptors (Lipinski definition) is 4. The molecule has 0 spiro atoms. The highest BCUT2D eigenvalue weighted by Crippen LogP contribution is 2.11. The number of nitrogens with two attached hydrogens (primary N) is 1. The van der Waals surface area contributed by atoms with Crippen molar-refractivity contribution in [1.82, 2.24) is 4.90 Å². The average molecular weight is 361 g/mol. The predicted molar refractivity (Wildman–Crippen MR) is 103 cm³/mol. The fourth-order valence-corrected chi connectivity index (χ4v) is 2.67. The van der Waals surface area contributed by atoms with Crippen LogP contribution in [0.5, 0.6) is 0 Å². The number of aliphatic carboxylic acids is 2. The van der Waals surface area contributed by atoms with E-state index >= 15 is 0 Å². The maximum Gasteiger partial charge on any atom is 0.304 e. The van der Waals surface area contributed by atoms with Gasteiger partial charge in [-0.05, 0) is 20.0 Å². The van der Waals surface area contributed by atoms with Gasteiger partial charge in [-0.15, -0.1) is 0 Å². The molecule has 0 amide bonds. The third kappa shape index (κ3) is 22.9. The molecule has 0 aliphatic rings. The van der Waals surface area contributed by atoms with Gasteiger partial charge in [0.25, 0.3) is 0 Å². The molecule has 0 saturated heterocycles. The van der Waals surface area contributed by atoms with Gasteiger partial charge in [0, 0.05) is 13.1 Å². The van der Waals surface area contributed by atoms with Gasteiger partial charge in [0.1, 0.15) is 0 Å². The van der Waals surface area contributed by atoms with Crippen LogP contribution in [0.1, 0.15) is 84.0 Å². The Morgan fingerprint density at radius 2 is 1.04 bits per heavy atom. The lowest BCUT2D eigenvalue weighted by atomic mass is 10.1. The number of nitrogens with zero attached hydrogens (tertiary/aromatic N) is 1. The Kier molecular flexibility index (Phi) is 21.8. The molecule has 0 saturated carbocycles. The van der Waals surface area contributed by atoms with Gasteiger partial charge in [-0.3, -0.25) is 9.59 Å². The molecule has 0 aliphatic heterocycles. The van der Waals surface area contributed by atoms with Gasteiger partial charge in [0.2, 0.25) is 0 Å². The highest BCUT2D eigenvalue weighted by atomic mass is 16.4. The van der Waals surface area contributed by atoms with E-state index in [1.165, 1.54) is 58.4 Å². The zero-order valence-corrected chi connectivity index (χ0v) is 16.3. The van der Waals surface area contributed by atoms with Crippen molar-refractivity contribution in [3.63, 3.8) is 0 Å². The van der Waals surface area contributed by atoms with E-state index in [4.69, 9.17) is 10.2 Å². The summed E-state index contributed by atoms with van der Waals surface area (Å²) in [5, 5.41) is 17.5. The van der Waals surface area contributed by atoms with E-state index in [2.05, 4.69) is 12.7 Å². The van der Waals surface area contributed by atoms with E-state index in [0.717, 1.165) is 19.4 Å². The molecule has 4 N–H and O–H groups in total. The van der Waals surface area contributed by atoms with Crippen LogP contribution < -0.4 is 5.73 Å². The monoisotopic (exact) mass is 360 g/mol. The number of carbonyl (C=O) groups is 2. The van der Waals surface area contributed by atoms with E-state index in [0.29, 0.717) is 13.1 Å². The number of unbranched alkanes of at least 4 members (excludes halogenated alkanes) is 9. The molecule has 0 aromatic heterocycles. The topological polar surface area (TPSA) is 104 Å². The summed E-state index contributed by atoms with van der Waals surface area (Å²) < 4.78 is 0. The van der Waals surface area contributed by atoms with Crippen LogP contribution in [0.4, 0.5) is 0 Å². The molecule has 0 unspecified atom stereocenters. The lowest BCUT2D eigenvalue weighted by Crippen LogP contribution is -2.30. The maximum absolute atomic E-state index is 10.6. The third-order valence-corrected chi connectivity index (χ3v) is 4.11. The summed E-state index contributed by atoms with van der Waals surface area (Å²) in [5.74, 6) is -1.65. The minimum absolute atomic E-state index is 0.0807. The standard InChI is InChI=1S/C18H35NO4.CH5N/c1-2-3-4-5-6-7-8-9-10-11-14-19(15-12-17(20)21)16-13-18(22)23;1-2/h2-16H2,1H3,(H,20,21)(H,22,23);2H2,1H3. The molecule has 0 atom stereocenters. The Morgan fingerprint density at radius 3 is 1.40 bits per heavy atom. The zero-order chi connectivity index (χ0) is 19.3. The van der Waals surface area contributed by atoms with Gasteiger partial charge >= 0.3 is 11.9 Å². The minimum atomic E-state index is -0.826. The van der Waals surface area contributed by atoms with Gasteiger partial charge in [-0.25, -0.2) is 0 Å². The fraction of sp³-hybridized carbons (Fsp3) is 0.895.